The van der Waals surface area contributed by atoms with Gasteiger partial charge in [0.05, 0.1) is 25.5 Å². The summed E-state index contributed by atoms with van der Waals surface area (Å²) in [5.41, 5.74) is 0.939. The van der Waals surface area contributed by atoms with Crippen LogP contribution < -0.4 is 15.4 Å². The molecule has 2 aromatic rings. The first-order valence-corrected chi connectivity index (χ1v) is 10.6. The molecule has 7 heteroatoms. The predicted octanol–water partition coefficient (Wildman–Crippen LogP) is 2.27. The van der Waals surface area contributed by atoms with E-state index >= 15 is 0 Å². The van der Waals surface area contributed by atoms with E-state index in [1.165, 1.54) is 4.90 Å². The quantitative estimate of drug-likeness (QED) is 0.743. The van der Waals surface area contributed by atoms with Gasteiger partial charge < -0.3 is 10.1 Å². The largest absolute Gasteiger partial charge is 0.496 e. The zero-order valence-corrected chi connectivity index (χ0v) is 17.7. The highest BCUT2D eigenvalue weighted by molar-refractivity contribution is 6.15. The van der Waals surface area contributed by atoms with Gasteiger partial charge in [-0.3, -0.25) is 24.6 Å². The highest BCUT2D eigenvalue weighted by Gasteiger charge is 2.70. The number of fused-ring (bicyclic) bond motifs is 4. The lowest BCUT2D eigenvalue weighted by atomic mass is 9.76. The summed E-state index contributed by atoms with van der Waals surface area (Å²) in [7, 11) is 1.56. The first-order chi connectivity index (χ1) is 14.9. The van der Waals surface area contributed by atoms with Crippen LogP contribution in [0, 0.1) is 17.8 Å². The summed E-state index contributed by atoms with van der Waals surface area (Å²) in [4.78, 5) is 41.9. The van der Waals surface area contributed by atoms with Crippen molar-refractivity contribution in [3.63, 3.8) is 0 Å². The van der Waals surface area contributed by atoms with Crippen LogP contribution in [-0.4, -0.2) is 35.8 Å². The Bertz CT molecular complexity index is 1100. The lowest BCUT2D eigenvalue weighted by molar-refractivity contribution is -0.143. The number of anilines is 1. The van der Waals surface area contributed by atoms with Gasteiger partial charge in [-0.05, 0) is 18.1 Å². The van der Waals surface area contributed by atoms with Gasteiger partial charge in [0, 0.05) is 22.9 Å². The van der Waals surface area contributed by atoms with Crippen LogP contribution in [0.5, 0.6) is 5.75 Å². The topological polar surface area (TPSA) is 87.7 Å². The van der Waals surface area contributed by atoms with Gasteiger partial charge >= 0.3 is 0 Å². The fourth-order valence-electron chi connectivity index (χ4n) is 5.48. The molecule has 3 aliphatic heterocycles. The molecule has 0 aromatic heterocycles. The Labute approximate surface area is 180 Å². The molecule has 0 aliphatic carbocycles. The summed E-state index contributed by atoms with van der Waals surface area (Å²) in [6, 6.07) is 14.5. The van der Waals surface area contributed by atoms with Crippen molar-refractivity contribution in [1.29, 1.82) is 0 Å². The van der Waals surface area contributed by atoms with Crippen LogP contribution in [0.2, 0.25) is 0 Å². The number of nitrogens with zero attached hydrogens (tertiary/aromatic N) is 1. The molecule has 0 radical (unpaired) electrons. The molecule has 2 saturated heterocycles. The first-order valence-electron chi connectivity index (χ1n) is 10.6. The third-order valence-corrected chi connectivity index (χ3v) is 6.89. The number of benzene rings is 2. The van der Waals surface area contributed by atoms with Crippen LogP contribution in [0.3, 0.4) is 0 Å². The average molecular weight is 419 g/mol. The Balaban J connectivity index is 1.60. The summed E-state index contributed by atoms with van der Waals surface area (Å²) < 4.78 is 5.41. The molecule has 3 aliphatic rings. The van der Waals surface area contributed by atoms with Crippen LogP contribution in [0.1, 0.15) is 25.0 Å². The first kappa shape index (κ1) is 19.8. The zero-order valence-electron chi connectivity index (χ0n) is 17.7. The van der Waals surface area contributed by atoms with Crippen molar-refractivity contribution < 1.29 is 19.1 Å². The van der Waals surface area contributed by atoms with Gasteiger partial charge in [-0.1, -0.05) is 50.2 Å². The number of carbonyl (C=O) groups excluding carboxylic acids is 3. The summed E-state index contributed by atoms with van der Waals surface area (Å²) in [6.45, 7) is 4.14. The van der Waals surface area contributed by atoms with E-state index in [0.717, 1.165) is 11.1 Å². The molecule has 2 N–H and O–H groups in total. The molecular formula is C24H25N3O4. The number of para-hydroxylation sites is 2. The van der Waals surface area contributed by atoms with Crippen molar-refractivity contribution >= 4 is 23.4 Å². The molecule has 31 heavy (non-hydrogen) atoms. The Morgan fingerprint density at radius 3 is 2.48 bits per heavy atom. The van der Waals surface area contributed by atoms with Crippen molar-refractivity contribution in [2.24, 2.45) is 17.8 Å². The Hall–Kier alpha value is -3.19. The third-order valence-electron chi connectivity index (χ3n) is 6.89. The van der Waals surface area contributed by atoms with Gasteiger partial charge in [-0.15, -0.1) is 0 Å². The van der Waals surface area contributed by atoms with Crippen LogP contribution in [0.4, 0.5) is 5.69 Å². The van der Waals surface area contributed by atoms with Crippen LogP contribution in [0.25, 0.3) is 0 Å². The van der Waals surface area contributed by atoms with Crippen molar-refractivity contribution in [1.82, 2.24) is 10.2 Å². The molecule has 160 valence electrons. The van der Waals surface area contributed by atoms with E-state index in [1.54, 1.807) is 7.11 Å². The molecule has 3 amide bonds. The molecular weight excluding hydrogens is 394 g/mol. The van der Waals surface area contributed by atoms with Crippen LogP contribution in [0.15, 0.2) is 48.5 Å². The minimum Gasteiger partial charge on any atom is -0.496 e. The van der Waals surface area contributed by atoms with E-state index in [4.69, 9.17) is 4.74 Å². The summed E-state index contributed by atoms with van der Waals surface area (Å²) in [6.07, 6.45) is 0. The van der Waals surface area contributed by atoms with Gasteiger partial charge in [0.15, 0.2) is 0 Å². The van der Waals surface area contributed by atoms with E-state index in [2.05, 4.69) is 10.6 Å². The van der Waals surface area contributed by atoms with Crippen LogP contribution in [-0.2, 0) is 26.5 Å². The number of imide groups is 1. The summed E-state index contributed by atoms with van der Waals surface area (Å²) >= 11 is 0. The standard InChI is InChI=1S/C24H25N3O4/c1-13(2)20-18-19(24(26-20)15-9-5-6-10-16(15)25-23(24)30)22(29)27(21(18)28)12-14-8-4-7-11-17(14)31-3/h4-11,13,18-20,26H,12H2,1-3H3,(H,25,30)/t18-,19-,20+,24+/m0/s1. The second-order valence-corrected chi connectivity index (χ2v) is 8.80. The van der Waals surface area contributed by atoms with E-state index in [0.29, 0.717) is 11.4 Å². The second kappa shape index (κ2) is 6.92. The normalized spacial score (nSPS) is 29.0. The lowest BCUT2D eigenvalue weighted by Crippen LogP contribution is -2.53. The number of nitrogens with one attached hydrogen (secondary N) is 2. The van der Waals surface area contributed by atoms with Gasteiger partial charge in [-0.25, -0.2) is 0 Å². The number of likely N-dealkylation sites (tertiary alicyclic amines) is 1. The number of methoxy groups -OCH3 is 1. The fourth-order valence-corrected chi connectivity index (χ4v) is 5.48. The third kappa shape index (κ3) is 2.59. The zero-order chi connectivity index (χ0) is 21.9. The molecule has 0 unspecified atom stereocenters. The fraction of sp³-hybridized carbons (Fsp3) is 0.375. The van der Waals surface area contributed by atoms with E-state index in [9.17, 15) is 14.4 Å². The predicted molar refractivity (Wildman–Crippen MR) is 114 cm³/mol. The molecule has 5 rings (SSSR count). The molecule has 1 spiro atoms. The molecule has 2 aromatic carbocycles. The van der Waals surface area contributed by atoms with E-state index < -0.39 is 17.4 Å². The molecule has 2 fully saturated rings. The number of ether oxygens (including phenoxy) is 1. The van der Waals surface area contributed by atoms with Crippen molar-refractivity contribution in [3.8, 4) is 5.75 Å². The molecule has 3 heterocycles. The molecule has 0 saturated carbocycles. The van der Waals surface area contributed by atoms with Gasteiger partial charge in [0.2, 0.25) is 17.7 Å². The monoisotopic (exact) mass is 419 g/mol. The number of rotatable bonds is 4. The number of hydrogen-bond acceptors (Lipinski definition) is 5. The van der Waals surface area contributed by atoms with Gasteiger partial charge in [0.25, 0.3) is 0 Å². The summed E-state index contributed by atoms with van der Waals surface area (Å²) in [5, 5.41) is 6.35. The maximum absolute atomic E-state index is 13.7. The minimum absolute atomic E-state index is 0.0652. The summed E-state index contributed by atoms with van der Waals surface area (Å²) in [5.74, 6) is -1.52. The Morgan fingerprint density at radius 2 is 1.74 bits per heavy atom. The van der Waals surface area contributed by atoms with E-state index in [1.807, 2.05) is 62.4 Å². The highest BCUT2D eigenvalue weighted by Crippen LogP contribution is 2.54. The Morgan fingerprint density at radius 1 is 1.03 bits per heavy atom. The van der Waals surface area contributed by atoms with Gasteiger partial charge in [-0.2, -0.15) is 0 Å². The maximum atomic E-state index is 13.7. The Kier molecular flexibility index (Phi) is 4.41. The lowest BCUT2D eigenvalue weighted by Gasteiger charge is -2.30. The highest BCUT2D eigenvalue weighted by atomic mass is 16.5. The average Bonchev–Trinajstić information content (AvgIpc) is 3.35. The van der Waals surface area contributed by atoms with Crippen molar-refractivity contribution in [3.05, 3.63) is 59.7 Å². The van der Waals surface area contributed by atoms with E-state index in [-0.39, 0.29) is 36.2 Å². The van der Waals surface area contributed by atoms with Crippen molar-refractivity contribution in [2.75, 3.05) is 12.4 Å². The smallest absolute Gasteiger partial charge is 0.250 e. The molecule has 7 nitrogen and oxygen atoms in total. The SMILES string of the molecule is COc1ccccc1CN1C(=O)[C@@H]2[C@@H](C(C)C)N[C@@]3(C(=O)Nc4ccccc43)[C@@H]2C1=O. The van der Waals surface area contributed by atoms with Crippen molar-refractivity contribution in [2.45, 2.75) is 32.0 Å². The number of amides is 3. The number of carbonyl (C=O) groups is 3. The van der Waals surface area contributed by atoms with Gasteiger partial charge in [0.1, 0.15) is 11.3 Å². The number of hydrogen-bond donors (Lipinski definition) is 2. The second-order valence-electron chi connectivity index (χ2n) is 8.80. The molecule has 0 bridgehead atoms. The minimum atomic E-state index is -1.24. The van der Waals surface area contributed by atoms with Crippen LogP contribution >= 0.6 is 0 Å². The molecule has 4 atom stereocenters. The maximum Gasteiger partial charge on any atom is 0.250 e.